The first kappa shape index (κ1) is 15.6. The lowest BCUT2D eigenvalue weighted by Gasteiger charge is -2.20. The molecule has 0 heterocycles. The summed E-state index contributed by atoms with van der Waals surface area (Å²) in [6.45, 7) is 0. The van der Waals surface area contributed by atoms with Gasteiger partial charge in [0.25, 0.3) is 0 Å². The third-order valence-electron chi connectivity index (χ3n) is 2.38. The van der Waals surface area contributed by atoms with Gasteiger partial charge in [0.05, 0.1) is 7.11 Å². The van der Waals surface area contributed by atoms with Crippen LogP contribution in [0.1, 0.15) is 11.6 Å². The molecule has 0 fully saturated rings. The molecule has 0 saturated carbocycles. The van der Waals surface area contributed by atoms with E-state index in [-0.39, 0.29) is 5.02 Å². The van der Waals surface area contributed by atoms with E-state index in [0.717, 1.165) is 0 Å². The van der Waals surface area contributed by atoms with Crippen LogP contribution in [0.3, 0.4) is 0 Å². The number of hydrogen-bond donors (Lipinski definition) is 1. The largest absolute Gasteiger partial charge is 0.467 e. The van der Waals surface area contributed by atoms with Crippen molar-refractivity contribution >= 4 is 35.2 Å². The SMILES string of the molecule is COC(=O)C(NC(=O)N(C)C)c1ccc(Cl)cc1Cl. The van der Waals surface area contributed by atoms with Gasteiger partial charge in [0.1, 0.15) is 0 Å². The maximum atomic E-state index is 11.8. The van der Waals surface area contributed by atoms with E-state index in [9.17, 15) is 9.59 Å². The van der Waals surface area contributed by atoms with Gasteiger partial charge >= 0.3 is 12.0 Å². The van der Waals surface area contributed by atoms with Gasteiger partial charge in [-0.15, -0.1) is 0 Å². The maximum Gasteiger partial charge on any atom is 0.333 e. The molecule has 1 rings (SSSR count). The van der Waals surface area contributed by atoms with E-state index < -0.39 is 18.0 Å². The minimum atomic E-state index is -0.982. The number of hydrogen-bond acceptors (Lipinski definition) is 3. The van der Waals surface area contributed by atoms with Gasteiger partial charge in [-0.2, -0.15) is 0 Å². The minimum Gasteiger partial charge on any atom is -0.467 e. The van der Waals surface area contributed by atoms with Crippen molar-refractivity contribution in [3.63, 3.8) is 0 Å². The number of carbonyl (C=O) groups excluding carboxylic acids is 2. The molecule has 1 atom stereocenters. The molecule has 0 saturated heterocycles. The Bertz CT molecular complexity index is 492. The summed E-state index contributed by atoms with van der Waals surface area (Å²) in [4.78, 5) is 24.7. The zero-order valence-corrected chi connectivity index (χ0v) is 12.2. The zero-order chi connectivity index (χ0) is 14.6. The summed E-state index contributed by atoms with van der Waals surface area (Å²) in [5.74, 6) is -0.612. The summed E-state index contributed by atoms with van der Waals surface area (Å²) < 4.78 is 4.67. The Hall–Kier alpha value is -1.46. The summed E-state index contributed by atoms with van der Waals surface area (Å²) in [5, 5.41) is 3.25. The third kappa shape index (κ3) is 4.01. The fourth-order valence-electron chi connectivity index (χ4n) is 1.37. The van der Waals surface area contributed by atoms with Crippen molar-refractivity contribution in [1.82, 2.24) is 10.2 Å². The van der Waals surface area contributed by atoms with Crippen molar-refractivity contribution in [3.05, 3.63) is 33.8 Å². The number of rotatable bonds is 3. The molecule has 0 radical (unpaired) electrons. The van der Waals surface area contributed by atoms with Crippen LogP contribution in [0.25, 0.3) is 0 Å². The Balaban J connectivity index is 3.10. The van der Waals surface area contributed by atoms with Crippen LogP contribution >= 0.6 is 23.2 Å². The second-order valence-electron chi connectivity index (χ2n) is 3.97. The van der Waals surface area contributed by atoms with Crippen LogP contribution in [0, 0.1) is 0 Å². The summed E-state index contributed by atoms with van der Waals surface area (Å²) in [5.41, 5.74) is 0.424. The Morgan fingerprint density at radius 1 is 1.32 bits per heavy atom. The molecule has 0 bridgehead atoms. The van der Waals surface area contributed by atoms with E-state index in [0.29, 0.717) is 10.6 Å². The number of ether oxygens (including phenoxy) is 1. The lowest BCUT2D eigenvalue weighted by Crippen LogP contribution is -2.40. The van der Waals surface area contributed by atoms with Crippen molar-refractivity contribution in [3.8, 4) is 0 Å². The first-order chi connectivity index (χ1) is 8.86. The van der Waals surface area contributed by atoms with Crippen molar-refractivity contribution < 1.29 is 14.3 Å². The van der Waals surface area contributed by atoms with Crippen LogP contribution in [-0.4, -0.2) is 38.1 Å². The number of benzene rings is 1. The van der Waals surface area contributed by atoms with Gasteiger partial charge < -0.3 is 15.0 Å². The first-order valence-electron chi connectivity index (χ1n) is 5.37. The van der Waals surface area contributed by atoms with E-state index in [4.69, 9.17) is 23.2 Å². The van der Waals surface area contributed by atoms with Crippen LogP contribution in [0.2, 0.25) is 10.0 Å². The highest BCUT2D eigenvalue weighted by atomic mass is 35.5. The molecule has 2 amide bonds. The standard InChI is InChI=1S/C12H14Cl2N2O3/c1-16(2)12(18)15-10(11(17)19-3)8-5-4-7(13)6-9(8)14/h4-6,10H,1-3H3,(H,15,18). The van der Waals surface area contributed by atoms with Gasteiger partial charge in [0.15, 0.2) is 6.04 Å². The molecular weight excluding hydrogens is 291 g/mol. The van der Waals surface area contributed by atoms with Gasteiger partial charge in [-0.3, -0.25) is 0 Å². The zero-order valence-electron chi connectivity index (χ0n) is 10.7. The van der Waals surface area contributed by atoms with Gasteiger partial charge in [0, 0.05) is 29.7 Å². The Morgan fingerprint density at radius 3 is 2.42 bits per heavy atom. The smallest absolute Gasteiger partial charge is 0.333 e. The second-order valence-corrected chi connectivity index (χ2v) is 4.81. The predicted molar refractivity (Wildman–Crippen MR) is 73.4 cm³/mol. The number of urea groups is 1. The minimum absolute atomic E-state index is 0.280. The van der Waals surface area contributed by atoms with Crippen LogP contribution in [0.4, 0.5) is 4.79 Å². The number of esters is 1. The second kappa shape index (κ2) is 6.63. The quantitative estimate of drug-likeness (QED) is 0.873. The molecule has 0 spiro atoms. The lowest BCUT2D eigenvalue weighted by molar-refractivity contribution is -0.143. The van der Waals surface area contributed by atoms with Crippen molar-refractivity contribution in [1.29, 1.82) is 0 Å². The van der Waals surface area contributed by atoms with E-state index in [1.165, 1.54) is 18.1 Å². The Morgan fingerprint density at radius 2 is 1.95 bits per heavy atom. The summed E-state index contributed by atoms with van der Waals surface area (Å²) in [6, 6.07) is 3.24. The Labute approximate surface area is 121 Å². The van der Waals surface area contributed by atoms with E-state index in [1.54, 1.807) is 26.2 Å². The van der Waals surface area contributed by atoms with E-state index in [1.807, 2.05) is 0 Å². The van der Waals surface area contributed by atoms with E-state index in [2.05, 4.69) is 10.1 Å². The molecule has 0 aliphatic heterocycles. The van der Waals surface area contributed by atoms with E-state index >= 15 is 0 Å². The number of halogens is 2. The molecule has 0 aromatic heterocycles. The van der Waals surface area contributed by atoms with Crippen molar-refractivity contribution in [2.24, 2.45) is 0 Å². The molecule has 1 unspecified atom stereocenters. The van der Waals surface area contributed by atoms with Crippen molar-refractivity contribution in [2.45, 2.75) is 6.04 Å². The average Bonchev–Trinajstić information content (AvgIpc) is 2.35. The van der Waals surface area contributed by atoms with Gasteiger partial charge in [0.2, 0.25) is 0 Å². The maximum absolute atomic E-state index is 11.8. The molecule has 0 aliphatic carbocycles. The predicted octanol–water partition coefficient (Wildman–Crippen LogP) is 2.48. The fourth-order valence-corrected chi connectivity index (χ4v) is 1.89. The summed E-state index contributed by atoms with van der Waals surface area (Å²) >= 11 is 11.8. The highest BCUT2D eigenvalue weighted by Gasteiger charge is 2.26. The van der Waals surface area contributed by atoms with Gasteiger partial charge in [-0.05, 0) is 12.1 Å². The molecule has 0 aliphatic rings. The van der Waals surface area contributed by atoms with Gasteiger partial charge in [-0.1, -0.05) is 29.3 Å². The number of amides is 2. The Kier molecular flexibility index (Phi) is 5.44. The third-order valence-corrected chi connectivity index (χ3v) is 2.95. The molecule has 1 aromatic rings. The number of methoxy groups -OCH3 is 1. The molecule has 1 N–H and O–H groups in total. The van der Waals surface area contributed by atoms with Crippen LogP contribution in [-0.2, 0) is 9.53 Å². The number of nitrogens with zero attached hydrogens (tertiary/aromatic N) is 1. The molecule has 1 aromatic carbocycles. The molecular formula is C12H14Cl2N2O3. The number of nitrogens with one attached hydrogen (secondary N) is 1. The molecule has 104 valence electrons. The first-order valence-corrected chi connectivity index (χ1v) is 6.13. The molecule has 19 heavy (non-hydrogen) atoms. The average molecular weight is 305 g/mol. The topological polar surface area (TPSA) is 58.6 Å². The van der Waals surface area contributed by atoms with Crippen LogP contribution < -0.4 is 5.32 Å². The molecule has 5 nitrogen and oxygen atoms in total. The number of carbonyl (C=O) groups is 2. The van der Waals surface area contributed by atoms with Crippen LogP contribution in [0.15, 0.2) is 18.2 Å². The summed E-state index contributed by atoms with van der Waals surface area (Å²) in [7, 11) is 4.36. The monoisotopic (exact) mass is 304 g/mol. The van der Waals surface area contributed by atoms with Crippen LogP contribution in [0.5, 0.6) is 0 Å². The summed E-state index contributed by atoms with van der Waals surface area (Å²) in [6.07, 6.45) is 0. The van der Waals surface area contributed by atoms with Crippen molar-refractivity contribution in [2.75, 3.05) is 21.2 Å². The lowest BCUT2D eigenvalue weighted by atomic mass is 10.1. The normalized spacial score (nSPS) is 11.6. The molecule has 7 heteroatoms. The highest BCUT2D eigenvalue weighted by molar-refractivity contribution is 6.35. The highest BCUT2D eigenvalue weighted by Crippen LogP contribution is 2.27. The fraction of sp³-hybridized carbons (Fsp3) is 0.333. The van der Waals surface area contributed by atoms with Gasteiger partial charge in [-0.25, -0.2) is 9.59 Å².